The van der Waals surface area contributed by atoms with Crippen LogP contribution < -0.4 is 0 Å². The van der Waals surface area contributed by atoms with Gasteiger partial charge in [0, 0.05) is 11.9 Å². The van der Waals surface area contributed by atoms with E-state index in [0.29, 0.717) is 47.3 Å². The van der Waals surface area contributed by atoms with Crippen LogP contribution >= 0.6 is 0 Å². The molecule has 0 amide bonds. The fraction of sp³-hybridized carbons (Fsp3) is 0.281. The van der Waals surface area contributed by atoms with Crippen LogP contribution in [-0.4, -0.2) is 4.98 Å². The molecule has 0 unspecified atom stereocenters. The van der Waals surface area contributed by atoms with Gasteiger partial charge in [0.25, 0.3) is 0 Å². The summed E-state index contributed by atoms with van der Waals surface area (Å²) in [6, 6.07) is 97.8. The normalized spacial score (nSPS) is 10.2. The lowest BCUT2D eigenvalue weighted by molar-refractivity contribution is 0.823. The minimum Gasteiger partial charge on any atom is -0.261 e. The number of hydrogen-bond acceptors (Lipinski definition) is 5. The Morgan fingerprint density at radius 3 is 1.17 bits per heavy atom. The van der Waals surface area contributed by atoms with Gasteiger partial charge in [0.1, 0.15) is 0 Å². The molecule has 1 aromatic heterocycles. The molecule has 0 aliphatic rings. The van der Waals surface area contributed by atoms with Crippen LogP contribution in [0.2, 0.25) is 0 Å². The van der Waals surface area contributed by atoms with Crippen molar-refractivity contribution in [1.29, 1.82) is 21.0 Å². The summed E-state index contributed by atoms with van der Waals surface area (Å²) in [6.45, 7) is 40.9. The van der Waals surface area contributed by atoms with E-state index in [0.717, 1.165) is 33.5 Å². The van der Waals surface area contributed by atoms with Crippen molar-refractivity contribution >= 4 is 0 Å². The number of nitrogens with zero attached hydrogens (tertiary/aromatic N) is 5. The first-order chi connectivity index (χ1) is 48.3. The van der Waals surface area contributed by atoms with E-state index in [1.807, 2.05) is 104 Å². The molecule has 0 fully saturated rings. The minimum atomic E-state index is 0.431. The monoisotopic (exact) mass is 1330 g/mol. The third kappa shape index (κ3) is 29.0. The highest BCUT2D eigenvalue weighted by molar-refractivity contribution is 5.68. The van der Waals surface area contributed by atoms with E-state index >= 15 is 0 Å². The Kier molecular flexibility index (Phi) is 36.3. The third-order valence-corrected chi connectivity index (χ3v) is 16.9. The fourth-order valence-electron chi connectivity index (χ4n) is 11.1. The molecule has 0 aliphatic heterocycles. The van der Waals surface area contributed by atoms with Gasteiger partial charge >= 0.3 is 0 Å². The second-order valence-electron chi connectivity index (χ2n) is 27.7. The van der Waals surface area contributed by atoms with Crippen LogP contribution in [0.4, 0.5) is 0 Å². The topological polar surface area (TPSA) is 108 Å². The van der Waals surface area contributed by atoms with E-state index in [9.17, 15) is 0 Å². The van der Waals surface area contributed by atoms with Crippen molar-refractivity contribution in [3.8, 4) is 57.7 Å². The largest absolute Gasteiger partial charge is 0.261 e. The molecule has 0 atom stereocenters. The molecular weight excluding hydrogens is 1220 g/mol. The number of nitriles is 4. The van der Waals surface area contributed by atoms with Gasteiger partial charge in [0.05, 0.1) is 46.5 Å². The lowest BCUT2D eigenvalue weighted by Gasteiger charge is -2.12. The maximum absolute atomic E-state index is 8.84. The Morgan fingerprint density at radius 2 is 0.723 bits per heavy atom. The summed E-state index contributed by atoms with van der Waals surface area (Å²) in [5, 5.41) is 34.7. The number of aromatic nitrogens is 1. The molecule has 518 valence electrons. The smallest absolute Gasteiger partial charge is 0.0994 e. The highest BCUT2D eigenvalue weighted by Crippen LogP contribution is 2.30. The molecule has 0 spiro atoms. The van der Waals surface area contributed by atoms with Gasteiger partial charge in [-0.1, -0.05) is 317 Å². The first-order valence-corrected chi connectivity index (χ1v) is 35.7. The molecule has 11 aromatic rings. The summed E-state index contributed by atoms with van der Waals surface area (Å²) in [5.74, 6) is 4.33. The van der Waals surface area contributed by atoms with Crippen LogP contribution in [0.15, 0.2) is 267 Å². The summed E-state index contributed by atoms with van der Waals surface area (Å²) >= 11 is 0. The van der Waals surface area contributed by atoms with E-state index < -0.39 is 0 Å². The third-order valence-electron chi connectivity index (χ3n) is 16.9. The number of hydrogen-bond donors (Lipinski definition) is 0. The molecule has 5 heteroatoms. The number of aryl methyl sites for hydroxylation is 3. The lowest BCUT2D eigenvalue weighted by Crippen LogP contribution is -1.95. The Labute approximate surface area is 609 Å². The maximum atomic E-state index is 8.84. The van der Waals surface area contributed by atoms with Crippen molar-refractivity contribution in [1.82, 2.24) is 4.98 Å². The van der Waals surface area contributed by atoms with Crippen molar-refractivity contribution < 1.29 is 0 Å². The van der Waals surface area contributed by atoms with Crippen LogP contribution in [-0.2, 0) is 0 Å². The Hall–Kier alpha value is -10.7. The van der Waals surface area contributed by atoms with Gasteiger partial charge in [0.2, 0.25) is 0 Å². The van der Waals surface area contributed by atoms with E-state index in [1.165, 1.54) is 83.5 Å². The first kappa shape index (κ1) is 82.7. The Morgan fingerprint density at radius 1 is 0.267 bits per heavy atom. The number of benzene rings is 10. The van der Waals surface area contributed by atoms with E-state index in [4.69, 9.17) is 21.0 Å². The van der Waals surface area contributed by atoms with Gasteiger partial charge < -0.3 is 0 Å². The highest BCUT2D eigenvalue weighted by atomic mass is 14.7. The first-order valence-electron chi connectivity index (χ1n) is 35.7. The van der Waals surface area contributed by atoms with Crippen LogP contribution in [0.3, 0.4) is 0 Å². The van der Waals surface area contributed by atoms with Gasteiger partial charge in [-0.05, 0) is 212 Å². The molecular formula is C96H109N5. The van der Waals surface area contributed by atoms with Crippen molar-refractivity contribution in [3.05, 3.63) is 351 Å². The zero-order valence-electron chi connectivity index (χ0n) is 63.8. The second kappa shape index (κ2) is 44.4. The van der Waals surface area contributed by atoms with Gasteiger partial charge in [-0.3, -0.25) is 4.98 Å². The van der Waals surface area contributed by atoms with Gasteiger partial charge in [0.15, 0.2) is 0 Å². The molecule has 10 aromatic carbocycles. The van der Waals surface area contributed by atoms with Gasteiger partial charge in [-0.2, -0.15) is 21.0 Å². The standard InChI is InChI=1S/3C15H16.3C11H13N.C10H11N.C8H11N/c1-12(2)14-10-6-7-11-15(14)13-8-4-3-5-9-13;1-12(2)14-9-6-10-15(11-14)13-7-4-3-5-8-13;1-12(2)13-8-10-15(11-9-13)14-6-4-3-5-7-14;1-8(2)11-5-9(3)4-10(6-11)7-12;1-8(2)11-5-4-10(7-12)6-9(11)3;1-8(2)11-9(3)5-4-6-10(11)7-12;1-8(2)10-5-3-9(7-11)4-6-10;1-7(2)8-5-3-4-6-9-8/h3*3-12H,1-2H3;3*4-6,8H,1-3H3;3-6,8H,1-2H3;3-7H,1-2H3. The van der Waals surface area contributed by atoms with Crippen LogP contribution in [0.1, 0.15) is 242 Å². The summed E-state index contributed by atoms with van der Waals surface area (Å²) in [7, 11) is 0. The van der Waals surface area contributed by atoms with E-state index in [-0.39, 0.29) is 0 Å². The lowest BCUT2D eigenvalue weighted by atomic mass is 9.93. The molecule has 0 aliphatic carbocycles. The van der Waals surface area contributed by atoms with Crippen molar-refractivity contribution in [2.24, 2.45) is 0 Å². The number of pyridine rings is 1. The molecule has 0 bridgehead atoms. The summed E-state index contributed by atoms with van der Waals surface area (Å²) in [5.41, 5.74) is 24.9. The maximum Gasteiger partial charge on any atom is 0.0994 e. The average Bonchev–Trinajstić information content (AvgIpc) is 0.874. The SMILES string of the molecule is CC(C)c1ccc(-c2ccccc2)cc1.CC(C)c1ccc(C#N)cc1.CC(C)c1cccc(-c2ccccc2)c1.CC(C)c1ccccc1-c1ccccc1.CC(C)c1ccccn1.Cc1cc(C#N)cc(C(C)C)c1.Cc1cc(C#N)ccc1C(C)C.Cc1cccc(C#N)c1C(C)C. The molecule has 1 heterocycles. The Balaban J connectivity index is 0.000000246. The molecule has 0 N–H and O–H groups in total. The summed E-state index contributed by atoms with van der Waals surface area (Å²) in [6.07, 6.45) is 1.83. The zero-order valence-corrected chi connectivity index (χ0v) is 63.8. The van der Waals surface area contributed by atoms with Crippen LogP contribution in [0, 0.1) is 66.1 Å². The average molecular weight is 1330 g/mol. The molecule has 5 nitrogen and oxygen atoms in total. The predicted octanol–water partition coefficient (Wildman–Crippen LogP) is 27.3. The zero-order chi connectivity index (χ0) is 74.4. The number of rotatable bonds is 11. The molecule has 0 radical (unpaired) electrons. The molecule has 11 rings (SSSR count). The minimum absolute atomic E-state index is 0.431. The van der Waals surface area contributed by atoms with E-state index in [2.05, 4.69) is 324 Å². The van der Waals surface area contributed by atoms with Gasteiger partial charge in [-0.25, -0.2) is 0 Å². The molecule has 0 saturated heterocycles. The predicted molar refractivity (Wildman–Crippen MR) is 431 cm³/mol. The van der Waals surface area contributed by atoms with Crippen LogP contribution in [0.25, 0.3) is 33.4 Å². The quantitative estimate of drug-likeness (QED) is 0.128. The molecule has 101 heavy (non-hydrogen) atoms. The van der Waals surface area contributed by atoms with E-state index in [1.54, 1.807) is 0 Å². The molecule has 0 saturated carbocycles. The van der Waals surface area contributed by atoms with Gasteiger partial charge in [-0.15, -0.1) is 0 Å². The van der Waals surface area contributed by atoms with Crippen molar-refractivity contribution in [3.63, 3.8) is 0 Å². The summed E-state index contributed by atoms with van der Waals surface area (Å²) in [4.78, 5) is 4.18. The summed E-state index contributed by atoms with van der Waals surface area (Å²) < 4.78 is 0. The second-order valence-corrected chi connectivity index (χ2v) is 27.7. The van der Waals surface area contributed by atoms with Crippen molar-refractivity contribution in [2.75, 3.05) is 0 Å². The van der Waals surface area contributed by atoms with Crippen LogP contribution in [0.5, 0.6) is 0 Å². The highest BCUT2D eigenvalue weighted by Gasteiger charge is 2.10. The fourth-order valence-corrected chi connectivity index (χ4v) is 11.1. The Bertz CT molecular complexity index is 4340. The van der Waals surface area contributed by atoms with Crippen molar-refractivity contribution in [2.45, 2.75) is 179 Å².